The molecule has 0 bridgehead atoms. The monoisotopic (exact) mass is 321 g/mol. The van der Waals surface area contributed by atoms with Crippen LogP contribution in [0.5, 0.6) is 0 Å². The third kappa shape index (κ3) is 3.43. The van der Waals surface area contributed by atoms with Gasteiger partial charge in [-0.05, 0) is 48.0 Å². The van der Waals surface area contributed by atoms with Crippen LogP contribution in [0, 0.1) is 0 Å². The summed E-state index contributed by atoms with van der Waals surface area (Å²) in [5.74, 6) is -0.271. The molecule has 0 unspecified atom stereocenters. The zero-order chi connectivity index (χ0) is 16.2. The summed E-state index contributed by atoms with van der Waals surface area (Å²) in [6.07, 6.45) is 3.75. The highest BCUT2D eigenvalue weighted by Crippen LogP contribution is 2.35. The average Bonchev–Trinajstić information content (AvgIpc) is 2.83. The first-order chi connectivity index (χ1) is 11.1. The molecule has 0 aliphatic carbocycles. The molecule has 0 aromatic heterocycles. The molecule has 2 amide bonds. The van der Waals surface area contributed by atoms with Crippen molar-refractivity contribution in [1.29, 1.82) is 0 Å². The lowest BCUT2D eigenvalue weighted by Crippen LogP contribution is -2.27. The molecule has 3 rings (SSSR count). The number of hydrogen-bond donors (Lipinski definition) is 0. The van der Waals surface area contributed by atoms with Gasteiger partial charge in [0.15, 0.2) is 0 Å². The summed E-state index contributed by atoms with van der Waals surface area (Å²) in [4.78, 5) is 26.3. The highest BCUT2D eigenvalue weighted by atomic mass is 32.2. The van der Waals surface area contributed by atoms with E-state index in [0.29, 0.717) is 10.6 Å². The van der Waals surface area contributed by atoms with Gasteiger partial charge in [0.1, 0.15) is 0 Å². The first-order valence-corrected chi connectivity index (χ1v) is 8.03. The number of anilines is 1. The van der Waals surface area contributed by atoms with Gasteiger partial charge in [-0.1, -0.05) is 54.6 Å². The molecule has 0 radical (unpaired) electrons. The van der Waals surface area contributed by atoms with E-state index in [-0.39, 0.29) is 11.1 Å². The topological polar surface area (TPSA) is 37.4 Å². The number of rotatable bonds is 3. The summed E-state index contributed by atoms with van der Waals surface area (Å²) in [7, 11) is 0. The van der Waals surface area contributed by atoms with Gasteiger partial charge < -0.3 is 0 Å². The van der Waals surface area contributed by atoms with Crippen LogP contribution in [0.3, 0.4) is 0 Å². The number of imide groups is 1. The SMILES string of the molecule is CC(=C/c1ccccc1)/C=C1/SC(=O)N(c2ccccc2)C1=O. The predicted octanol–water partition coefficient (Wildman–Crippen LogP) is 4.87. The fraction of sp³-hybridized carbons (Fsp3) is 0.0526. The largest absolute Gasteiger partial charge is 0.298 e. The number of carbonyl (C=O) groups is 2. The first-order valence-electron chi connectivity index (χ1n) is 7.21. The fourth-order valence-corrected chi connectivity index (χ4v) is 3.22. The Morgan fingerprint density at radius 1 is 0.957 bits per heavy atom. The molecular weight excluding hydrogens is 306 g/mol. The summed E-state index contributed by atoms with van der Waals surface area (Å²) in [6.45, 7) is 1.92. The standard InChI is InChI=1S/C19H15NO2S/c1-14(12-15-8-4-2-5-9-15)13-17-18(21)20(19(22)23-17)16-10-6-3-7-11-16/h2-13H,1H3/b14-12-,17-13+. The van der Waals surface area contributed by atoms with Gasteiger partial charge in [0, 0.05) is 0 Å². The molecule has 23 heavy (non-hydrogen) atoms. The highest BCUT2D eigenvalue weighted by molar-refractivity contribution is 8.18. The molecule has 114 valence electrons. The maximum atomic E-state index is 12.5. The lowest BCUT2D eigenvalue weighted by atomic mass is 10.1. The van der Waals surface area contributed by atoms with Crippen LogP contribution in [0.4, 0.5) is 10.5 Å². The summed E-state index contributed by atoms with van der Waals surface area (Å²) >= 11 is 0.973. The second-order valence-electron chi connectivity index (χ2n) is 5.15. The van der Waals surface area contributed by atoms with Crippen LogP contribution < -0.4 is 4.90 Å². The lowest BCUT2D eigenvalue weighted by Gasteiger charge is -2.11. The van der Waals surface area contributed by atoms with Crippen molar-refractivity contribution in [3.05, 3.63) is 82.8 Å². The Kier molecular flexibility index (Phi) is 4.44. The minimum Gasteiger partial charge on any atom is -0.268 e. The van der Waals surface area contributed by atoms with Crippen LogP contribution in [0.15, 0.2) is 77.2 Å². The van der Waals surface area contributed by atoms with Gasteiger partial charge in [-0.15, -0.1) is 0 Å². The van der Waals surface area contributed by atoms with E-state index in [4.69, 9.17) is 0 Å². The molecule has 0 N–H and O–H groups in total. The van der Waals surface area contributed by atoms with Crippen LogP contribution in [0.2, 0.25) is 0 Å². The van der Waals surface area contributed by atoms with Crippen LogP contribution >= 0.6 is 11.8 Å². The molecular formula is C19H15NO2S. The van der Waals surface area contributed by atoms with Crippen molar-refractivity contribution in [2.24, 2.45) is 0 Å². The summed E-state index contributed by atoms with van der Waals surface area (Å²) in [5.41, 5.74) is 2.58. The number of allylic oxidation sites excluding steroid dienone is 2. The van der Waals surface area contributed by atoms with Crippen LogP contribution in [-0.4, -0.2) is 11.1 Å². The van der Waals surface area contributed by atoms with E-state index in [0.717, 1.165) is 22.9 Å². The Balaban J connectivity index is 1.86. The number of carbonyl (C=O) groups excluding carboxylic acids is 2. The van der Waals surface area contributed by atoms with Gasteiger partial charge in [0.25, 0.3) is 11.1 Å². The van der Waals surface area contributed by atoms with E-state index < -0.39 is 0 Å². The smallest absolute Gasteiger partial charge is 0.268 e. The van der Waals surface area contributed by atoms with E-state index in [1.54, 1.807) is 18.2 Å². The van der Waals surface area contributed by atoms with Crippen molar-refractivity contribution in [3.63, 3.8) is 0 Å². The third-order valence-corrected chi connectivity index (χ3v) is 4.23. The summed E-state index contributed by atoms with van der Waals surface area (Å²) < 4.78 is 0. The molecule has 0 atom stereocenters. The molecule has 1 saturated heterocycles. The van der Waals surface area contributed by atoms with Gasteiger partial charge >= 0.3 is 0 Å². The minimum absolute atomic E-state index is 0.264. The molecule has 1 fully saturated rings. The van der Waals surface area contributed by atoms with Crippen molar-refractivity contribution in [2.45, 2.75) is 6.92 Å². The maximum Gasteiger partial charge on any atom is 0.298 e. The first kappa shape index (κ1) is 15.3. The van der Waals surface area contributed by atoms with Gasteiger partial charge in [0.05, 0.1) is 10.6 Å². The zero-order valence-electron chi connectivity index (χ0n) is 12.6. The molecule has 1 heterocycles. The van der Waals surface area contributed by atoms with Gasteiger partial charge in [-0.25, -0.2) is 4.90 Å². The number of thioether (sulfide) groups is 1. The zero-order valence-corrected chi connectivity index (χ0v) is 13.4. The van der Waals surface area contributed by atoms with E-state index in [9.17, 15) is 9.59 Å². The van der Waals surface area contributed by atoms with E-state index in [1.165, 1.54) is 4.90 Å². The van der Waals surface area contributed by atoms with Crippen molar-refractivity contribution < 1.29 is 9.59 Å². The highest BCUT2D eigenvalue weighted by Gasteiger charge is 2.36. The number of amides is 2. The minimum atomic E-state index is -0.271. The quantitative estimate of drug-likeness (QED) is 0.757. The molecule has 0 spiro atoms. The molecule has 3 nitrogen and oxygen atoms in total. The maximum absolute atomic E-state index is 12.5. The summed E-state index contributed by atoms with van der Waals surface area (Å²) in [5, 5.41) is -0.264. The van der Waals surface area contributed by atoms with E-state index in [1.807, 2.05) is 61.5 Å². The van der Waals surface area contributed by atoms with Gasteiger partial charge in [-0.3, -0.25) is 9.59 Å². The number of benzene rings is 2. The Labute approximate surface area is 139 Å². The average molecular weight is 321 g/mol. The molecule has 2 aromatic carbocycles. The molecule has 1 aliphatic rings. The lowest BCUT2D eigenvalue weighted by molar-refractivity contribution is -0.113. The van der Waals surface area contributed by atoms with E-state index >= 15 is 0 Å². The van der Waals surface area contributed by atoms with Crippen molar-refractivity contribution in [1.82, 2.24) is 0 Å². The molecule has 2 aromatic rings. The molecule has 4 heteroatoms. The van der Waals surface area contributed by atoms with Crippen LogP contribution in [0.1, 0.15) is 12.5 Å². The van der Waals surface area contributed by atoms with Crippen LogP contribution in [0.25, 0.3) is 6.08 Å². The third-order valence-electron chi connectivity index (χ3n) is 3.36. The van der Waals surface area contributed by atoms with Crippen molar-refractivity contribution >= 4 is 34.7 Å². The van der Waals surface area contributed by atoms with Crippen molar-refractivity contribution in [2.75, 3.05) is 4.90 Å². The Hall–Kier alpha value is -2.59. The number of para-hydroxylation sites is 1. The van der Waals surface area contributed by atoms with Crippen LogP contribution in [-0.2, 0) is 4.79 Å². The Bertz CT molecular complexity index is 795. The van der Waals surface area contributed by atoms with Gasteiger partial charge in [0.2, 0.25) is 0 Å². The molecule has 0 saturated carbocycles. The predicted molar refractivity (Wildman–Crippen MR) is 95.1 cm³/mol. The number of nitrogens with zero attached hydrogens (tertiary/aromatic N) is 1. The Morgan fingerprint density at radius 3 is 2.22 bits per heavy atom. The van der Waals surface area contributed by atoms with Crippen molar-refractivity contribution in [3.8, 4) is 0 Å². The summed E-state index contributed by atoms with van der Waals surface area (Å²) in [6, 6.07) is 18.8. The van der Waals surface area contributed by atoms with E-state index in [2.05, 4.69) is 0 Å². The second-order valence-corrected chi connectivity index (χ2v) is 6.14. The second kappa shape index (κ2) is 6.67. The number of hydrogen-bond acceptors (Lipinski definition) is 3. The normalized spacial score (nSPS) is 17.2. The molecule has 1 aliphatic heterocycles. The van der Waals surface area contributed by atoms with Gasteiger partial charge in [-0.2, -0.15) is 0 Å². The fourth-order valence-electron chi connectivity index (χ4n) is 2.33. The Morgan fingerprint density at radius 2 is 1.57 bits per heavy atom.